The van der Waals surface area contributed by atoms with Gasteiger partial charge in [-0.2, -0.15) is 5.10 Å². The first-order chi connectivity index (χ1) is 14.6. The summed E-state index contributed by atoms with van der Waals surface area (Å²) in [6.07, 6.45) is 2.95. The number of carbonyl (C=O) groups excluding carboxylic acids is 2. The predicted molar refractivity (Wildman–Crippen MR) is 111 cm³/mol. The van der Waals surface area contributed by atoms with Crippen molar-refractivity contribution >= 4 is 17.6 Å². The maximum atomic E-state index is 12.7. The van der Waals surface area contributed by atoms with Crippen LogP contribution in [0.4, 0.5) is 5.82 Å². The molecular formula is C20H22N6O5. The Labute approximate surface area is 176 Å². The Hall–Kier alpha value is -4.02. The number of hydrogen-bond acceptors (Lipinski definition) is 8. The maximum absolute atomic E-state index is 12.7. The molecule has 3 aromatic rings. The third-order valence-corrected chi connectivity index (χ3v) is 4.76. The van der Waals surface area contributed by atoms with Gasteiger partial charge < -0.3 is 10.5 Å². The molecule has 162 valence electrons. The number of hydrogen-bond donors (Lipinski definition) is 1. The van der Waals surface area contributed by atoms with Crippen LogP contribution in [0.1, 0.15) is 46.2 Å². The van der Waals surface area contributed by atoms with Gasteiger partial charge in [0.25, 0.3) is 5.56 Å². The molecule has 11 nitrogen and oxygen atoms in total. The molecule has 0 aliphatic heterocycles. The lowest BCUT2D eigenvalue weighted by molar-refractivity contribution is 0.0472. The van der Waals surface area contributed by atoms with E-state index in [1.807, 2.05) is 13.8 Å². The molecular weight excluding hydrogens is 404 g/mol. The topological polar surface area (TPSA) is 144 Å². The molecule has 31 heavy (non-hydrogen) atoms. The number of nitrogens with two attached hydrogens (primary N) is 1. The van der Waals surface area contributed by atoms with Crippen molar-refractivity contribution in [1.82, 2.24) is 23.9 Å². The molecule has 0 aliphatic rings. The van der Waals surface area contributed by atoms with Crippen molar-refractivity contribution < 1.29 is 14.3 Å². The molecule has 0 spiro atoms. The molecule has 3 aromatic heterocycles. The van der Waals surface area contributed by atoms with Crippen LogP contribution >= 0.6 is 0 Å². The molecule has 2 N–H and O–H groups in total. The van der Waals surface area contributed by atoms with Crippen LogP contribution in [0, 0.1) is 0 Å². The largest absolute Gasteiger partial charge is 0.454 e. The molecule has 3 heterocycles. The minimum Gasteiger partial charge on any atom is -0.454 e. The lowest BCUT2D eigenvalue weighted by atomic mass is 10.1. The summed E-state index contributed by atoms with van der Waals surface area (Å²) in [5.41, 5.74) is 4.58. The minimum absolute atomic E-state index is 0.102. The standard InChI is InChI=1S/C20H22N6O5/c1-11(2)16-12(9-23-26(16)14-7-5-6-8-22-14)19(29)31-10-13(27)15-17(21)24(3)20(30)25(4)18(15)28/h5-9,11H,10,21H2,1-4H3. The van der Waals surface area contributed by atoms with E-state index in [1.165, 1.54) is 25.0 Å². The van der Waals surface area contributed by atoms with E-state index in [0.29, 0.717) is 11.5 Å². The lowest BCUT2D eigenvalue weighted by Gasteiger charge is -2.12. The monoisotopic (exact) mass is 426 g/mol. The molecule has 11 heteroatoms. The average molecular weight is 426 g/mol. The van der Waals surface area contributed by atoms with E-state index in [1.54, 1.807) is 24.4 Å². The minimum atomic E-state index is -0.854. The van der Waals surface area contributed by atoms with Gasteiger partial charge in [0, 0.05) is 20.3 Å². The third-order valence-electron chi connectivity index (χ3n) is 4.76. The molecule has 0 bridgehead atoms. The molecule has 0 aliphatic carbocycles. The second kappa shape index (κ2) is 8.38. The van der Waals surface area contributed by atoms with Crippen LogP contribution in [0.2, 0.25) is 0 Å². The molecule has 0 radical (unpaired) electrons. The number of pyridine rings is 1. The fraction of sp³-hybridized carbons (Fsp3) is 0.300. The number of Topliss-reactive ketones (excluding diaryl/α,β-unsaturated/α-hetero) is 1. The molecule has 0 saturated heterocycles. The van der Waals surface area contributed by atoms with Crippen LogP contribution in [0.25, 0.3) is 5.82 Å². The van der Waals surface area contributed by atoms with Gasteiger partial charge in [-0.1, -0.05) is 19.9 Å². The smallest absolute Gasteiger partial charge is 0.342 e. The SMILES string of the molecule is CC(C)c1c(C(=O)OCC(=O)c2c(N)n(C)c(=O)n(C)c2=O)cnn1-c1ccccn1. The van der Waals surface area contributed by atoms with Crippen LogP contribution in [-0.4, -0.2) is 42.3 Å². The van der Waals surface area contributed by atoms with Crippen molar-refractivity contribution in [2.75, 3.05) is 12.3 Å². The highest BCUT2D eigenvalue weighted by Gasteiger charge is 2.25. The molecule has 0 saturated carbocycles. The van der Waals surface area contributed by atoms with Crippen molar-refractivity contribution in [2.24, 2.45) is 14.1 Å². The fourth-order valence-corrected chi connectivity index (χ4v) is 3.14. The van der Waals surface area contributed by atoms with E-state index < -0.39 is 35.2 Å². The zero-order chi connectivity index (χ0) is 22.9. The first-order valence-electron chi connectivity index (χ1n) is 9.40. The third kappa shape index (κ3) is 3.89. The van der Waals surface area contributed by atoms with E-state index in [2.05, 4.69) is 10.1 Å². The van der Waals surface area contributed by atoms with Gasteiger partial charge in [-0.3, -0.25) is 18.7 Å². The Bertz CT molecular complexity index is 1270. The van der Waals surface area contributed by atoms with Crippen LogP contribution in [0.5, 0.6) is 0 Å². The van der Waals surface area contributed by atoms with Gasteiger partial charge >= 0.3 is 11.7 Å². The normalized spacial score (nSPS) is 11.0. The Morgan fingerprint density at radius 2 is 1.87 bits per heavy atom. The zero-order valence-electron chi connectivity index (χ0n) is 17.5. The number of aromatic nitrogens is 5. The van der Waals surface area contributed by atoms with Crippen molar-refractivity contribution in [2.45, 2.75) is 19.8 Å². The highest BCUT2D eigenvalue weighted by Crippen LogP contribution is 2.23. The second-order valence-electron chi connectivity index (χ2n) is 7.16. The lowest BCUT2D eigenvalue weighted by Crippen LogP contribution is -2.42. The first-order valence-corrected chi connectivity index (χ1v) is 9.40. The summed E-state index contributed by atoms with van der Waals surface area (Å²) in [5.74, 6) is -1.46. The summed E-state index contributed by atoms with van der Waals surface area (Å²) >= 11 is 0. The molecule has 0 fully saturated rings. The summed E-state index contributed by atoms with van der Waals surface area (Å²) in [6, 6.07) is 5.30. The van der Waals surface area contributed by atoms with Gasteiger partial charge in [0.05, 0.1) is 11.9 Å². The molecule has 0 aromatic carbocycles. The number of carbonyl (C=O) groups is 2. The number of nitrogens with zero attached hydrogens (tertiary/aromatic N) is 5. The van der Waals surface area contributed by atoms with Crippen molar-refractivity contribution in [3.05, 3.63) is 68.3 Å². The number of anilines is 1. The zero-order valence-corrected chi connectivity index (χ0v) is 17.5. The van der Waals surface area contributed by atoms with Crippen LogP contribution in [-0.2, 0) is 18.8 Å². The van der Waals surface area contributed by atoms with Crippen LogP contribution < -0.4 is 17.0 Å². The number of rotatable bonds is 6. The number of esters is 1. The van der Waals surface area contributed by atoms with Gasteiger partial charge in [-0.15, -0.1) is 0 Å². The van der Waals surface area contributed by atoms with Gasteiger partial charge in [-0.05, 0) is 18.1 Å². The second-order valence-corrected chi connectivity index (χ2v) is 7.16. The number of ether oxygens (including phenoxy) is 1. The van der Waals surface area contributed by atoms with E-state index >= 15 is 0 Å². The summed E-state index contributed by atoms with van der Waals surface area (Å²) < 4.78 is 8.42. The Morgan fingerprint density at radius 3 is 2.48 bits per heavy atom. The quantitative estimate of drug-likeness (QED) is 0.441. The Kier molecular flexibility index (Phi) is 5.86. The molecule has 0 unspecified atom stereocenters. The molecule has 3 rings (SSSR count). The van der Waals surface area contributed by atoms with Gasteiger partial charge in [-0.25, -0.2) is 19.3 Å². The van der Waals surface area contributed by atoms with E-state index in [-0.39, 0.29) is 17.3 Å². The van der Waals surface area contributed by atoms with Gasteiger partial charge in [0.1, 0.15) is 16.9 Å². The highest BCUT2D eigenvalue weighted by atomic mass is 16.5. The van der Waals surface area contributed by atoms with Crippen molar-refractivity contribution in [3.63, 3.8) is 0 Å². The van der Waals surface area contributed by atoms with Gasteiger partial charge in [0.2, 0.25) is 5.78 Å². The van der Waals surface area contributed by atoms with Crippen LogP contribution in [0.3, 0.4) is 0 Å². The fourth-order valence-electron chi connectivity index (χ4n) is 3.14. The Balaban J connectivity index is 1.87. The Morgan fingerprint density at radius 1 is 1.16 bits per heavy atom. The van der Waals surface area contributed by atoms with Crippen LogP contribution in [0.15, 0.2) is 40.2 Å². The summed E-state index contributed by atoms with van der Waals surface area (Å²) in [5, 5.41) is 4.23. The number of nitrogen functional groups attached to an aromatic ring is 1. The van der Waals surface area contributed by atoms with E-state index in [9.17, 15) is 19.2 Å². The number of ketones is 1. The summed E-state index contributed by atoms with van der Waals surface area (Å²) in [4.78, 5) is 53.7. The maximum Gasteiger partial charge on any atom is 0.342 e. The van der Waals surface area contributed by atoms with Crippen molar-refractivity contribution in [1.29, 1.82) is 0 Å². The van der Waals surface area contributed by atoms with Crippen molar-refractivity contribution in [3.8, 4) is 5.82 Å². The highest BCUT2D eigenvalue weighted by molar-refractivity contribution is 6.02. The van der Waals surface area contributed by atoms with Gasteiger partial charge in [0.15, 0.2) is 12.4 Å². The summed E-state index contributed by atoms with van der Waals surface area (Å²) in [6.45, 7) is 3.04. The predicted octanol–water partition coefficient (Wildman–Crippen LogP) is 0.410. The van der Waals surface area contributed by atoms with E-state index in [0.717, 1.165) is 9.13 Å². The molecule has 0 atom stereocenters. The first kappa shape index (κ1) is 21.7. The molecule has 0 amide bonds. The van der Waals surface area contributed by atoms with E-state index in [4.69, 9.17) is 10.5 Å². The average Bonchev–Trinajstić information content (AvgIpc) is 3.21. The summed E-state index contributed by atoms with van der Waals surface area (Å²) in [7, 11) is 2.56.